The van der Waals surface area contributed by atoms with Gasteiger partial charge in [0.05, 0.1) is 0 Å². The maximum atomic E-state index is 3.82. The van der Waals surface area contributed by atoms with Crippen molar-refractivity contribution in [2.45, 2.75) is 0 Å². The first-order chi connectivity index (χ1) is 2.89. The highest BCUT2D eigenvalue weighted by atomic mass is 31.1. The second kappa shape index (κ2) is 1.87. The van der Waals surface area contributed by atoms with Crippen LogP contribution in [0.5, 0.6) is 0 Å². The molecule has 1 aliphatic rings. The van der Waals surface area contributed by atoms with E-state index in [-0.39, 0.29) is 0 Å². The summed E-state index contributed by atoms with van der Waals surface area (Å²) in [7, 11) is 1.84. The van der Waals surface area contributed by atoms with Crippen molar-refractivity contribution in [2.24, 2.45) is 0 Å². The highest BCUT2D eigenvalue weighted by Crippen LogP contribution is 2.45. The molecule has 2 unspecified atom stereocenters. The van der Waals surface area contributed by atoms with Crippen LogP contribution in [0.25, 0.3) is 0 Å². The number of hydrogen-bond donors (Lipinski definition) is 0. The quantitative estimate of drug-likeness (QED) is 0.426. The van der Waals surface area contributed by atoms with Crippen molar-refractivity contribution in [3.05, 3.63) is 23.3 Å². The molecular formula is C4H6P2. The van der Waals surface area contributed by atoms with E-state index < -0.39 is 0 Å². The summed E-state index contributed by atoms with van der Waals surface area (Å²) in [6.07, 6.45) is 0. The fraction of sp³-hybridized carbons (Fsp3) is 0. The predicted octanol–water partition coefficient (Wildman–Crippen LogP) is 2.30. The molecule has 0 aromatic rings. The summed E-state index contributed by atoms with van der Waals surface area (Å²) in [6, 6.07) is 0. The van der Waals surface area contributed by atoms with Gasteiger partial charge < -0.3 is 0 Å². The molecule has 32 valence electrons. The van der Waals surface area contributed by atoms with Gasteiger partial charge in [-0.2, -0.15) is 0 Å². The average molecular weight is 116 g/mol. The third-order valence-electron chi connectivity index (χ3n) is 0.598. The van der Waals surface area contributed by atoms with E-state index in [2.05, 4.69) is 18.2 Å². The first-order valence-corrected chi connectivity index (χ1v) is 3.92. The molecule has 6 heavy (non-hydrogen) atoms. The Labute approximate surface area is 41.3 Å². The van der Waals surface area contributed by atoms with Crippen LogP contribution >= 0.6 is 17.2 Å². The minimum absolute atomic E-state index is 0.920. The van der Waals surface area contributed by atoms with Crippen molar-refractivity contribution in [3.63, 3.8) is 0 Å². The Balaban J connectivity index is 2.52. The predicted molar refractivity (Wildman–Crippen MR) is 34.9 cm³/mol. The molecule has 0 radical (unpaired) electrons. The lowest BCUT2D eigenvalue weighted by atomic mass is 11.2. The van der Waals surface area contributed by atoms with E-state index >= 15 is 0 Å². The maximum absolute atomic E-state index is 3.82. The van der Waals surface area contributed by atoms with E-state index in [9.17, 15) is 0 Å². The van der Waals surface area contributed by atoms with Crippen LogP contribution in [0.3, 0.4) is 0 Å². The molecule has 0 aliphatic carbocycles. The van der Waals surface area contributed by atoms with E-state index in [4.69, 9.17) is 0 Å². The van der Waals surface area contributed by atoms with Crippen LogP contribution in [-0.2, 0) is 0 Å². The van der Waals surface area contributed by atoms with Gasteiger partial charge in [0.1, 0.15) is 0 Å². The second-order valence-electron chi connectivity index (χ2n) is 1.10. The van der Waals surface area contributed by atoms with Gasteiger partial charge in [-0.1, -0.05) is 35.4 Å². The number of rotatable bonds is 0. The molecule has 0 saturated heterocycles. The fourth-order valence-electron chi connectivity index (χ4n) is 0.326. The third kappa shape index (κ3) is 0.899. The molecule has 1 heterocycles. The van der Waals surface area contributed by atoms with Crippen LogP contribution in [-0.4, -0.2) is 0 Å². The summed E-state index contributed by atoms with van der Waals surface area (Å²) in [5.74, 6) is 4.39. The van der Waals surface area contributed by atoms with Gasteiger partial charge in [0.25, 0.3) is 0 Å². The standard InChI is InChI=1S/C4H6P2/c1-4-5-2-3-6-4/h2-3,5-6H,1H2. The van der Waals surface area contributed by atoms with Crippen LogP contribution in [0.15, 0.2) is 23.3 Å². The van der Waals surface area contributed by atoms with Crippen LogP contribution in [0.2, 0.25) is 0 Å². The summed E-state index contributed by atoms with van der Waals surface area (Å²) < 4.78 is 0. The normalized spacial score (nSPS) is 27.7. The smallest absolute Gasteiger partial charge is 0.0280 e. The van der Waals surface area contributed by atoms with Crippen molar-refractivity contribution in [1.82, 2.24) is 0 Å². The van der Waals surface area contributed by atoms with Gasteiger partial charge in [-0.25, -0.2) is 0 Å². The zero-order chi connectivity index (χ0) is 4.41. The molecule has 0 nitrogen and oxygen atoms in total. The maximum Gasteiger partial charge on any atom is -0.0280 e. The van der Waals surface area contributed by atoms with Gasteiger partial charge in [-0.3, -0.25) is 0 Å². The van der Waals surface area contributed by atoms with Crippen LogP contribution in [0.4, 0.5) is 0 Å². The zero-order valence-corrected chi connectivity index (χ0v) is 5.36. The third-order valence-corrected chi connectivity index (χ3v) is 3.16. The van der Waals surface area contributed by atoms with Gasteiger partial charge in [-0.15, -0.1) is 0 Å². The van der Waals surface area contributed by atoms with Gasteiger partial charge >= 0.3 is 0 Å². The lowest BCUT2D eigenvalue weighted by Crippen LogP contribution is -1.33. The first-order valence-electron chi connectivity index (χ1n) is 1.76. The van der Waals surface area contributed by atoms with Crippen LogP contribution < -0.4 is 0 Å². The molecule has 0 bridgehead atoms. The largest absolute Gasteiger partial charge is 0.0908 e. The summed E-state index contributed by atoms with van der Waals surface area (Å²) >= 11 is 0. The van der Waals surface area contributed by atoms with Crippen molar-refractivity contribution in [2.75, 3.05) is 0 Å². The first kappa shape index (κ1) is 4.50. The van der Waals surface area contributed by atoms with E-state index in [1.807, 2.05) is 0 Å². The van der Waals surface area contributed by atoms with E-state index in [0.29, 0.717) is 0 Å². The van der Waals surface area contributed by atoms with Gasteiger partial charge in [0.2, 0.25) is 0 Å². The van der Waals surface area contributed by atoms with Crippen molar-refractivity contribution >= 4 is 17.2 Å². The Morgan fingerprint density at radius 1 is 1.33 bits per heavy atom. The molecule has 0 aromatic heterocycles. The van der Waals surface area contributed by atoms with Crippen LogP contribution in [0.1, 0.15) is 0 Å². The molecule has 1 rings (SSSR count). The lowest BCUT2D eigenvalue weighted by molar-refractivity contribution is 2.50. The Morgan fingerprint density at radius 2 is 1.83 bits per heavy atom. The molecular weight excluding hydrogens is 110 g/mol. The van der Waals surface area contributed by atoms with Gasteiger partial charge in [-0.05, 0) is 5.06 Å². The zero-order valence-electron chi connectivity index (χ0n) is 3.36. The Kier molecular flexibility index (Phi) is 1.40. The molecule has 1 aliphatic heterocycles. The van der Waals surface area contributed by atoms with Crippen molar-refractivity contribution < 1.29 is 0 Å². The molecule has 0 spiro atoms. The molecule has 2 atom stereocenters. The van der Waals surface area contributed by atoms with Gasteiger partial charge in [0.15, 0.2) is 0 Å². The SMILES string of the molecule is C=C1PC=CP1. The highest BCUT2D eigenvalue weighted by molar-refractivity contribution is 7.70. The lowest BCUT2D eigenvalue weighted by Gasteiger charge is -1.81. The summed E-state index contributed by atoms with van der Waals surface area (Å²) in [6.45, 7) is 3.82. The minimum Gasteiger partial charge on any atom is -0.0908 e. The van der Waals surface area contributed by atoms with Crippen molar-refractivity contribution in [3.8, 4) is 0 Å². The molecule has 0 N–H and O–H groups in total. The monoisotopic (exact) mass is 116 g/mol. The molecule has 0 amide bonds. The Bertz CT molecular complexity index is 83.7. The minimum atomic E-state index is 0.920. The highest BCUT2D eigenvalue weighted by Gasteiger charge is 1.91. The molecule has 0 saturated carbocycles. The fourth-order valence-corrected chi connectivity index (χ4v) is 2.23. The molecule has 0 aromatic carbocycles. The Morgan fingerprint density at radius 3 is 2.00 bits per heavy atom. The van der Waals surface area contributed by atoms with E-state index in [0.717, 1.165) is 17.2 Å². The van der Waals surface area contributed by atoms with E-state index in [1.165, 1.54) is 5.06 Å². The van der Waals surface area contributed by atoms with Crippen LogP contribution in [0, 0.1) is 0 Å². The van der Waals surface area contributed by atoms with Gasteiger partial charge in [0, 0.05) is 0 Å². The average Bonchev–Trinajstić information content (AvgIpc) is 1.86. The summed E-state index contributed by atoms with van der Waals surface area (Å²) in [4.78, 5) is 0. The number of hydrogen-bond acceptors (Lipinski definition) is 0. The van der Waals surface area contributed by atoms with E-state index in [1.54, 1.807) is 0 Å². The van der Waals surface area contributed by atoms with Crippen molar-refractivity contribution in [1.29, 1.82) is 0 Å². The Hall–Kier alpha value is 0.340. The topological polar surface area (TPSA) is 0 Å². The summed E-state index contributed by atoms with van der Waals surface area (Å²) in [5, 5.41) is 1.40. The molecule has 0 fully saturated rings. The second-order valence-corrected chi connectivity index (χ2v) is 4.05. The summed E-state index contributed by atoms with van der Waals surface area (Å²) in [5.41, 5.74) is 0. The molecule has 2 heteroatoms.